The van der Waals surface area contributed by atoms with Crippen LogP contribution in [0.3, 0.4) is 0 Å². The van der Waals surface area contributed by atoms with Gasteiger partial charge in [0.05, 0.1) is 0 Å². The highest BCUT2D eigenvalue weighted by Crippen LogP contribution is 2.56. The third-order valence-corrected chi connectivity index (χ3v) is 3.76. The summed E-state index contributed by atoms with van der Waals surface area (Å²) in [6.45, 7) is 1.66. The second-order valence-corrected chi connectivity index (χ2v) is 6.26. The van der Waals surface area contributed by atoms with Crippen molar-refractivity contribution in [3.8, 4) is 0 Å². The van der Waals surface area contributed by atoms with E-state index in [1.807, 2.05) is 6.58 Å². The molecule has 0 amide bonds. The summed E-state index contributed by atoms with van der Waals surface area (Å²) in [5.74, 6) is -35.5. The first-order valence-corrected chi connectivity index (χ1v) is 7.17. The number of halogens is 13. The molecular formula is C14H13F13O2. The van der Waals surface area contributed by atoms with Crippen LogP contribution < -0.4 is 0 Å². The summed E-state index contributed by atoms with van der Waals surface area (Å²) in [6, 6.07) is 0. The summed E-state index contributed by atoms with van der Waals surface area (Å²) in [5, 5.41) is 0. The molecule has 0 aromatic heterocycles. The molecule has 15 heteroatoms. The van der Waals surface area contributed by atoms with E-state index in [1.165, 1.54) is 0 Å². The highest BCUT2D eigenvalue weighted by Gasteiger charge is 2.83. The Morgan fingerprint density at radius 1 is 0.793 bits per heavy atom. The van der Waals surface area contributed by atoms with Crippen LogP contribution in [0.4, 0.5) is 57.1 Å². The van der Waals surface area contributed by atoms with E-state index in [0.29, 0.717) is 0 Å². The van der Waals surface area contributed by atoms with Crippen molar-refractivity contribution in [2.75, 3.05) is 0 Å². The van der Waals surface area contributed by atoms with Gasteiger partial charge in [0.2, 0.25) is 0 Å². The number of rotatable bonds is 9. The van der Waals surface area contributed by atoms with Gasteiger partial charge in [-0.25, -0.2) is 18.0 Å². The Labute approximate surface area is 154 Å². The normalized spacial score (nSPS) is 16.0. The highest BCUT2D eigenvalue weighted by atomic mass is 19.4. The number of hydrogen-bond donors (Lipinski definition) is 0. The molecule has 0 spiro atoms. The Kier molecular flexibility index (Phi) is 7.08. The van der Waals surface area contributed by atoms with Gasteiger partial charge in [-0.1, -0.05) is 6.58 Å². The number of carbonyl (C=O) groups excluding carboxylic acids is 1. The average Bonchev–Trinajstić information content (AvgIpc) is 2.52. The summed E-state index contributed by atoms with van der Waals surface area (Å²) in [7, 11) is 0. The highest BCUT2D eigenvalue weighted by molar-refractivity contribution is 5.90. The van der Waals surface area contributed by atoms with E-state index in [9.17, 15) is 61.9 Å². The van der Waals surface area contributed by atoms with Crippen molar-refractivity contribution in [3.05, 3.63) is 12.2 Å². The average molecular weight is 460 g/mol. The number of alkyl halides is 13. The molecule has 0 aliphatic rings. The molecule has 0 saturated carbocycles. The smallest absolute Gasteiger partial charge is 0.382 e. The summed E-state index contributed by atoms with van der Waals surface area (Å²) >= 11 is 0. The van der Waals surface area contributed by atoms with Gasteiger partial charge in [0.1, 0.15) is 5.57 Å². The second-order valence-electron chi connectivity index (χ2n) is 6.26. The summed E-state index contributed by atoms with van der Waals surface area (Å²) in [6.07, 6.45) is -8.61. The first-order valence-electron chi connectivity index (χ1n) is 7.17. The Bertz CT molecular complexity index is 637. The monoisotopic (exact) mass is 460 g/mol. The van der Waals surface area contributed by atoms with Crippen molar-refractivity contribution < 1.29 is 66.6 Å². The topological polar surface area (TPSA) is 26.3 Å². The predicted molar refractivity (Wildman–Crippen MR) is 70.6 cm³/mol. The van der Waals surface area contributed by atoms with E-state index < -0.39 is 59.4 Å². The van der Waals surface area contributed by atoms with E-state index in [0.717, 1.165) is 0 Å². The maximum atomic E-state index is 13.7. The summed E-state index contributed by atoms with van der Waals surface area (Å²) < 4.78 is 175. The van der Waals surface area contributed by atoms with Crippen LogP contribution in [0.5, 0.6) is 0 Å². The molecule has 0 rings (SSSR count). The first kappa shape index (κ1) is 27.3. The second kappa shape index (κ2) is 7.52. The first-order chi connectivity index (χ1) is 12.4. The molecule has 0 aromatic rings. The lowest BCUT2D eigenvalue weighted by Crippen LogP contribution is -2.65. The molecule has 2 nitrogen and oxygen atoms in total. The van der Waals surface area contributed by atoms with E-state index in [1.54, 1.807) is 0 Å². The van der Waals surface area contributed by atoms with Crippen LogP contribution >= 0.6 is 0 Å². The number of ether oxygens (including phenoxy) is 1. The van der Waals surface area contributed by atoms with E-state index in [2.05, 4.69) is 4.74 Å². The van der Waals surface area contributed by atoms with Crippen LogP contribution in [0.15, 0.2) is 12.2 Å². The van der Waals surface area contributed by atoms with Crippen molar-refractivity contribution >= 4 is 5.97 Å². The van der Waals surface area contributed by atoms with Gasteiger partial charge in [-0.05, 0) is 20.8 Å². The van der Waals surface area contributed by atoms with E-state index in [-0.39, 0.29) is 20.8 Å². The zero-order valence-electron chi connectivity index (χ0n) is 14.6. The third-order valence-electron chi connectivity index (χ3n) is 3.76. The van der Waals surface area contributed by atoms with Crippen LogP contribution in [0.25, 0.3) is 0 Å². The number of esters is 1. The number of carbonyl (C=O) groups is 1. The largest absolute Gasteiger partial charge is 0.449 e. The predicted octanol–water partition coefficient (Wildman–Crippen LogP) is 5.66. The quantitative estimate of drug-likeness (QED) is 0.252. The third kappa shape index (κ3) is 4.13. The van der Waals surface area contributed by atoms with Gasteiger partial charge in [0.15, 0.2) is 11.8 Å². The Hall–Kier alpha value is -1.70. The van der Waals surface area contributed by atoms with Crippen LogP contribution in [0.2, 0.25) is 0 Å². The minimum absolute atomic E-state index is 0.0359. The fourth-order valence-electron chi connectivity index (χ4n) is 1.60. The van der Waals surface area contributed by atoms with Crippen molar-refractivity contribution in [3.63, 3.8) is 0 Å². The lowest BCUT2D eigenvalue weighted by atomic mass is 9.92. The molecule has 0 aliphatic heterocycles. The molecule has 0 heterocycles. The van der Waals surface area contributed by atoms with Gasteiger partial charge in [0, 0.05) is 0 Å². The SMILES string of the molecule is C=C(C(=O)OC(C)(C)C(F)(F)C(F)F)C(F)(F)C(F)(F)C(F)(F)C(F)(F)C(C)F. The molecule has 0 N–H and O–H groups in total. The molecule has 0 fully saturated rings. The van der Waals surface area contributed by atoms with Crippen LogP contribution in [0, 0.1) is 0 Å². The van der Waals surface area contributed by atoms with Crippen LogP contribution in [0.1, 0.15) is 20.8 Å². The molecule has 0 radical (unpaired) electrons. The van der Waals surface area contributed by atoms with E-state index >= 15 is 0 Å². The molecule has 0 bridgehead atoms. The molecule has 29 heavy (non-hydrogen) atoms. The Morgan fingerprint density at radius 2 is 1.17 bits per heavy atom. The molecular weight excluding hydrogens is 447 g/mol. The number of hydrogen-bond acceptors (Lipinski definition) is 2. The summed E-state index contributed by atoms with van der Waals surface area (Å²) in [4.78, 5) is 11.4. The van der Waals surface area contributed by atoms with Gasteiger partial charge in [-0.3, -0.25) is 0 Å². The Balaban J connectivity index is 6.03. The fourth-order valence-corrected chi connectivity index (χ4v) is 1.60. The molecule has 172 valence electrons. The standard InChI is InChI=1S/C14H13F13O2/c1-5(7(28)29-9(3,4)12(22,23)8(16)17)10(18,19)13(24,25)14(26,27)11(20,21)6(2)15/h6,8H,1H2,2-4H3. The van der Waals surface area contributed by atoms with Gasteiger partial charge < -0.3 is 4.74 Å². The molecule has 0 aliphatic carbocycles. The van der Waals surface area contributed by atoms with Gasteiger partial charge >= 0.3 is 42.0 Å². The molecule has 0 saturated heterocycles. The fraction of sp³-hybridized carbons (Fsp3) is 0.786. The van der Waals surface area contributed by atoms with Crippen LogP contribution in [-0.2, 0) is 9.53 Å². The zero-order valence-corrected chi connectivity index (χ0v) is 14.6. The minimum atomic E-state index is -7.19. The minimum Gasteiger partial charge on any atom is -0.449 e. The van der Waals surface area contributed by atoms with Gasteiger partial charge in [-0.2, -0.15) is 43.9 Å². The van der Waals surface area contributed by atoms with Crippen molar-refractivity contribution in [1.82, 2.24) is 0 Å². The van der Waals surface area contributed by atoms with Crippen molar-refractivity contribution in [2.24, 2.45) is 0 Å². The molecule has 1 atom stereocenters. The van der Waals surface area contributed by atoms with Gasteiger partial charge in [-0.15, -0.1) is 0 Å². The maximum absolute atomic E-state index is 13.7. The lowest BCUT2D eigenvalue weighted by Gasteiger charge is -2.38. The summed E-state index contributed by atoms with van der Waals surface area (Å²) in [5.41, 5.74) is -6.69. The van der Waals surface area contributed by atoms with Gasteiger partial charge in [0.25, 0.3) is 0 Å². The van der Waals surface area contributed by atoms with Crippen molar-refractivity contribution in [2.45, 2.75) is 68.6 Å². The molecule has 0 aromatic carbocycles. The molecule has 1 unspecified atom stereocenters. The maximum Gasteiger partial charge on any atom is 0.382 e. The van der Waals surface area contributed by atoms with Crippen LogP contribution in [-0.4, -0.2) is 53.8 Å². The lowest BCUT2D eigenvalue weighted by molar-refractivity contribution is -0.366. The van der Waals surface area contributed by atoms with E-state index in [4.69, 9.17) is 0 Å². The Morgan fingerprint density at radius 3 is 1.48 bits per heavy atom. The zero-order chi connectivity index (χ0) is 24.0. The van der Waals surface area contributed by atoms with Crippen molar-refractivity contribution in [1.29, 1.82) is 0 Å².